The number of para-hydroxylation sites is 1. The molecule has 1 fully saturated rings. The summed E-state index contributed by atoms with van der Waals surface area (Å²) in [5.41, 5.74) is 0.537. The summed E-state index contributed by atoms with van der Waals surface area (Å²) >= 11 is 0. The van der Waals surface area contributed by atoms with Gasteiger partial charge in [-0.25, -0.2) is 13.1 Å². The van der Waals surface area contributed by atoms with Gasteiger partial charge in [0.25, 0.3) is 0 Å². The third-order valence-electron chi connectivity index (χ3n) is 3.56. The Morgan fingerprint density at radius 1 is 1.11 bits per heavy atom. The van der Waals surface area contributed by atoms with Gasteiger partial charge < -0.3 is 0 Å². The molecule has 3 rings (SSSR count). The van der Waals surface area contributed by atoms with Gasteiger partial charge in [-0.3, -0.25) is 4.98 Å². The molecular formula is C14H16N2O2S. The minimum Gasteiger partial charge on any atom is -0.255 e. The van der Waals surface area contributed by atoms with Crippen LogP contribution in [0.1, 0.15) is 25.7 Å². The van der Waals surface area contributed by atoms with E-state index in [0.717, 1.165) is 31.1 Å². The number of sulfonamides is 1. The fraction of sp³-hybridized carbons (Fsp3) is 0.357. The van der Waals surface area contributed by atoms with Gasteiger partial charge in [-0.05, 0) is 25.0 Å². The molecule has 4 nitrogen and oxygen atoms in total. The van der Waals surface area contributed by atoms with Gasteiger partial charge in [0.15, 0.2) is 0 Å². The van der Waals surface area contributed by atoms with Crippen molar-refractivity contribution in [1.29, 1.82) is 0 Å². The number of nitrogens with zero attached hydrogens (tertiary/aromatic N) is 1. The molecule has 0 saturated heterocycles. The first-order valence-electron chi connectivity index (χ1n) is 6.53. The molecule has 0 aliphatic heterocycles. The van der Waals surface area contributed by atoms with Crippen LogP contribution in [0.5, 0.6) is 0 Å². The molecule has 2 aromatic rings. The molecule has 1 N–H and O–H groups in total. The number of hydrogen-bond acceptors (Lipinski definition) is 3. The fourth-order valence-corrected chi connectivity index (χ4v) is 4.10. The van der Waals surface area contributed by atoms with Crippen molar-refractivity contribution >= 4 is 20.9 Å². The van der Waals surface area contributed by atoms with Crippen LogP contribution in [0.25, 0.3) is 10.9 Å². The molecule has 1 aromatic carbocycles. The van der Waals surface area contributed by atoms with Crippen molar-refractivity contribution in [3.05, 3.63) is 36.5 Å². The van der Waals surface area contributed by atoms with Crippen LogP contribution >= 0.6 is 0 Å². The van der Waals surface area contributed by atoms with Gasteiger partial charge in [0.05, 0.1) is 5.52 Å². The maximum absolute atomic E-state index is 12.5. The van der Waals surface area contributed by atoms with Crippen molar-refractivity contribution in [2.75, 3.05) is 0 Å². The zero-order chi connectivity index (χ0) is 13.3. The summed E-state index contributed by atoms with van der Waals surface area (Å²) in [6.45, 7) is 0. The van der Waals surface area contributed by atoms with Gasteiger partial charge >= 0.3 is 0 Å². The predicted octanol–water partition coefficient (Wildman–Crippen LogP) is 2.46. The van der Waals surface area contributed by atoms with Crippen molar-refractivity contribution in [2.24, 2.45) is 0 Å². The second-order valence-electron chi connectivity index (χ2n) is 4.93. The first kappa shape index (κ1) is 12.6. The van der Waals surface area contributed by atoms with Gasteiger partial charge in [0, 0.05) is 17.6 Å². The molecular weight excluding hydrogens is 260 g/mol. The first-order chi connectivity index (χ1) is 9.17. The molecule has 100 valence electrons. The molecule has 1 aliphatic carbocycles. The van der Waals surface area contributed by atoms with Gasteiger partial charge in [-0.1, -0.05) is 31.0 Å². The van der Waals surface area contributed by atoms with E-state index >= 15 is 0 Å². The molecule has 0 unspecified atom stereocenters. The SMILES string of the molecule is O=S(=O)(NC1CCCC1)c1cccc2cccnc12. The molecule has 1 aliphatic rings. The van der Waals surface area contributed by atoms with Crippen LogP contribution in [-0.2, 0) is 10.0 Å². The van der Waals surface area contributed by atoms with E-state index < -0.39 is 10.0 Å². The number of benzene rings is 1. The van der Waals surface area contributed by atoms with Crippen LogP contribution < -0.4 is 4.72 Å². The Hall–Kier alpha value is -1.46. The summed E-state index contributed by atoms with van der Waals surface area (Å²) in [7, 11) is -3.48. The normalized spacial score (nSPS) is 17.1. The highest BCUT2D eigenvalue weighted by Gasteiger charge is 2.24. The van der Waals surface area contributed by atoms with Crippen molar-refractivity contribution < 1.29 is 8.42 Å². The van der Waals surface area contributed by atoms with E-state index in [1.54, 1.807) is 18.3 Å². The predicted molar refractivity (Wildman–Crippen MR) is 74.3 cm³/mol. The number of fused-ring (bicyclic) bond motifs is 1. The average Bonchev–Trinajstić information content (AvgIpc) is 2.90. The third-order valence-corrected chi connectivity index (χ3v) is 5.11. The minimum absolute atomic E-state index is 0.0731. The number of pyridine rings is 1. The van der Waals surface area contributed by atoms with Crippen molar-refractivity contribution in [3.63, 3.8) is 0 Å². The van der Waals surface area contributed by atoms with E-state index in [1.807, 2.05) is 18.2 Å². The van der Waals surface area contributed by atoms with E-state index in [1.165, 1.54) is 0 Å². The summed E-state index contributed by atoms with van der Waals surface area (Å²) in [5, 5.41) is 0.844. The monoisotopic (exact) mass is 276 g/mol. The standard InChI is InChI=1S/C14H16N2O2S/c17-19(18,16-12-7-1-2-8-12)13-9-3-5-11-6-4-10-15-14(11)13/h3-6,9-10,12,16H,1-2,7-8H2. The largest absolute Gasteiger partial charge is 0.255 e. The minimum atomic E-state index is -3.48. The summed E-state index contributed by atoms with van der Waals surface area (Å²) in [6.07, 6.45) is 5.67. The second-order valence-corrected chi connectivity index (χ2v) is 6.62. The zero-order valence-corrected chi connectivity index (χ0v) is 11.4. The van der Waals surface area contributed by atoms with E-state index in [9.17, 15) is 8.42 Å². The number of nitrogens with one attached hydrogen (secondary N) is 1. The lowest BCUT2D eigenvalue weighted by Gasteiger charge is -2.13. The van der Waals surface area contributed by atoms with Crippen LogP contribution in [0.3, 0.4) is 0 Å². The highest BCUT2D eigenvalue weighted by Crippen LogP contribution is 2.24. The maximum Gasteiger partial charge on any atom is 0.242 e. The van der Waals surface area contributed by atoms with E-state index in [2.05, 4.69) is 9.71 Å². The highest BCUT2D eigenvalue weighted by molar-refractivity contribution is 7.89. The lowest BCUT2D eigenvalue weighted by atomic mass is 10.2. The third kappa shape index (κ3) is 2.48. The second kappa shape index (κ2) is 4.90. The average molecular weight is 276 g/mol. The molecule has 0 atom stereocenters. The highest BCUT2D eigenvalue weighted by atomic mass is 32.2. The van der Waals surface area contributed by atoms with Crippen LogP contribution in [0.15, 0.2) is 41.4 Å². The van der Waals surface area contributed by atoms with Crippen LogP contribution in [0, 0.1) is 0 Å². The molecule has 5 heteroatoms. The Labute approximate surface area is 112 Å². The van der Waals surface area contributed by atoms with E-state index in [0.29, 0.717) is 5.52 Å². The molecule has 0 amide bonds. The molecule has 1 aromatic heterocycles. The zero-order valence-electron chi connectivity index (χ0n) is 10.5. The van der Waals surface area contributed by atoms with Crippen LogP contribution in [0.2, 0.25) is 0 Å². The Bertz CT molecular complexity index is 686. The lowest BCUT2D eigenvalue weighted by Crippen LogP contribution is -2.32. The van der Waals surface area contributed by atoms with Gasteiger partial charge in [0.1, 0.15) is 4.90 Å². The van der Waals surface area contributed by atoms with E-state index in [4.69, 9.17) is 0 Å². The molecule has 1 heterocycles. The lowest BCUT2D eigenvalue weighted by molar-refractivity contribution is 0.553. The van der Waals surface area contributed by atoms with E-state index in [-0.39, 0.29) is 10.9 Å². The molecule has 0 spiro atoms. The van der Waals surface area contributed by atoms with Gasteiger partial charge in [-0.2, -0.15) is 0 Å². The van der Waals surface area contributed by atoms with Gasteiger partial charge in [0.2, 0.25) is 10.0 Å². The topological polar surface area (TPSA) is 59.1 Å². The Morgan fingerprint density at radius 3 is 2.63 bits per heavy atom. The summed E-state index contributed by atoms with van der Waals surface area (Å²) in [4.78, 5) is 4.48. The van der Waals surface area contributed by atoms with Crippen molar-refractivity contribution in [3.8, 4) is 0 Å². The van der Waals surface area contributed by atoms with Crippen molar-refractivity contribution in [2.45, 2.75) is 36.6 Å². The van der Waals surface area contributed by atoms with Gasteiger partial charge in [-0.15, -0.1) is 0 Å². The Kier molecular flexibility index (Phi) is 3.24. The summed E-state index contributed by atoms with van der Waals surface area (Å²) in [6, 6.07) is 9.00. The molecule has 0 radical (unpaired) electrons. The Balaban J connectivity index is 2.02. The molecule has 19 heavy (non-hydrogen) atoms. The quantitative estimate of drug-likeness (QED) is 0.936. The smallest absolute Gasteiger partial charge is 0.242 e. The van der Waals surface area contributed by atoms with Crippen molar-refractivity contribution in [1.82, 2.24) is 9.71 Å². The molecule has 0 bridgehead atoms. The first-order valence-corrected chi connectivity index (χ1v) is 8.01. The number of aromatic nitrogens is 1. The summed E-state index contributed by atoms with van der Waals surface area (Å²) in [5.74, 6) is 0. The number of rotatable bonds is 3. The summed E-state index contributed by atoms with van der Waals surface area (Å²) < 4.78 is 27.7. The van der Waals surface area contributed by atoms with Crippen LogP contribution in [-0.4, -0.2) is 19.4 Å². The maximum atomic E-state index is 12.5. The Morgan fingerprint density at radius 2 is 1.84 bits per heavy atom. The number of hydrogen-bond donors (Lipinski definition) is 1. The fourth-order valence-electron chi connectivity index (χ4n) is 2.62. The van der Waals surface area contributed by atoms with Crippen LogP contribution in [0.4, 0.5) is 0 Å². The molecule has 1 saturated carbocycles.